The van der Waals surface area contributed by atoms with Crippen molar-refractivity contribution in [1.29, 1.82) is 5.26 Å². The second-order valence-corrected chi connectivity index (χ2v) is 10.2. The van der Waals surface area contributed by atoms with Crippen LogP contribution in [0.1, 0.15) is 5.56 Å². The minimum absolute atomic E-state index is 0.310. The lowest BCUT2D eigenvalue weighted by Crippen LogP contribution is -2.09. The Morgan fingerprint density at radius 2 is 1.23 bits per heavy atom. The van der Waals surface area contributed by atoms with Crippen LogP contribution in [0.25, 0.3) is 50.0 Å². The summed E-state index contributed by atoms with van der Waals surface area (Å²) >= 11 is 0. The van der Waals surface area contributed by atoms with Crippen LogP contribution in [0.2, 0.25) is 0 Å². The SMILES string of the molecule is N#C/C(=C/c1ccc(N(c2ccccc2)c2ccc(-c3nc4c5ccccc5c5ccccc5c4[nH]3)cc2)cc1)C(=O)O. The van der Waals surface area contributed by atoms with Crippen LogP contribution in [0.4, 0.5) is 17.1 Å². The summed E-state index contributed by atoms with van der Waals surface area (Å²) in [5, 5.41) is 23.0. The van der Waals surface area contributed by atoms with Crippen molar-refractivity contribution in [3.05, 3.63) is 139 Å². The molecule has 0 spiro atoms. The first-order chi connectivity index (χ1) is 21.1. The highest BCUT2D eigenvalue weighted by atomic mass is 16.4. The summed E-state index contributed by atoms with van der Waals surface area (Å²) in [7, 11) is 0. The molecular formula is C37H24N4O2. The van der Waals surface area contributed by atoms with Crippen molar-refractivity contribution in [1.82, 2.24) is 9.97 Å². The number of aromatic nitrogens is 2. The molecule has 0 radical (unpaired) electrons. The molecule has 0 aliphatic carbocycles. The molecule has 0 saturated heterocycles. The molecule has 2 N–H and O–H groups in total. The number of anilines is 3. The molecule has 6 heteroatoms. The maximum atomic E-state index is 11.3. The topological polar surface area (TPSA) is 93.0 Å². The monoisotopic (exact) mass is 556 g/mol. The first-order valence-electron chi connectivity index (χ1n) is 13.8. The van der Waals surface area contributed by atoms with Gasteiger partial charge in [-0.15, -0.1) is 0 Å². The lowest BCUT2D eigenvalue weighted by molar-refractivity contribution is -0.132. The lowest BCUT2D eigenvalue weighted by Gasteiger charge is -2.25. The van der Waals surface area contributed by atoms with Gasteiger partial charge in [0.2, 0.25) is 0 Å². The summed E-state index contributed by atoms with van der Waals surface area (Å²) in [6, 6.07) is 44.3. The van der Waals surface area contributed by atoms with Crippen molar-refractivity contribution in [3.63, 3.8) is 0 Å². The van der Waals surface area contributed by atoms with E-state index < -0.39 is 5.97 Å². The maximum absolute atomic E-state index is 11.3. The number of fused-ring (bicyclic) bond motifs is 6. The molecule has 43 heavy (non-hydrogen) atoms. The molecule has 6 aromatic carbocycles. The third-order valence-corrected chi connectivity index (χ3v) is 7.60. The van der Waals surface area contributed by atoms with Crippen LogP contribution in [0.5, 0.6) is 0 Å². The predicted molar refractivity (Wildman–Crippen MR) is 172 cm³/mol. The number of carbonyl (C=O) groups is 1. The maximum Gasteiger partial charge on any atom is 0.346 e. The number of imidazole rings is 1. The van der Waals surface area contributed by atoms with E-state index >= 15 is 0 Å². The molecule has 0 bridgehead atoms. The number of carboxylic acid groups (broad SMARTS) is 1. The van der Waals surface area contributed by atoms with Gasteiger partial charge in [-0.2, -0.15) is 5.26 Å². The third-order valence-electron chi connectivity index (χ3n) is 7.60. The first kappa shape index (κ1) is 25.8. The number of benzene rings is 6. The van der Waals surface area contributed by atoms with E-state index in [4.69, 9.17) is 10.2 Å². The van der Waals surface area contributed by atoms with E-state index in [0.29, 0.717) is 5.56 Å². The normalized spacial score (nSPS) is 11.6. The number of carboxylic acids is 1. The quantitative estimate of drug-likeness (QED) is 0.121. The van der Waals surface area contributed by atoms with Crippen molar-refractivity contribution >= 4 is 61.7 Å². The number of aliphatic carboxylic acids is 1. The third kappa shape index (κ3) is 4.65. The zero-order chi connectivity index (χ0) is 29.3. The highest BCUT2D eigenvalue weighted by Gasteiger charge is 2.16. The minimum atomic E-state index is -1.25. The molecular weight excluding hydrogens is 532 g/mol. The fourth-order valence-electron chi connectivity index (χ4n) is 5.58. The molecule has 1 aromatic heterocycles. The summed E-state index contributed by atoms with van der Waals surface area (Å²) in [4.78, 5) is 22.1. The van der Waals surface area contributed by atoms with Gasteiger partial charge in [-0.1, -0.05) is 78.9 Å². The minimum Gasteiger partial charge on any atom is -0.477 e. The summed E-state index contributed by atoms with van der Waals surface area (Å²) in [5.74, 6) is -0.444. The number of para-hydroxylation sites is 1. The lowest BCUT2D eigenvalue weighted by atomic mass is 10.0. The molecule has 7 rings (SSSR count). The van der Waals surface area contributed by atoms with Gasteiger partial charge in [0.1, 0.15) is 17.5 Å². The van der Waals surface area contributed by atoms with Gasteiger partial charge in [0.15, 0.2) is 0 Å². The van der Waals surface area contributed by atoms with Crippen LogP contribution in [0, 0.1) is 11.3 Å². The Hall–Kier alpha value is -6.19. The molecule has 0 atom stereocenters. The number of H-pyrrole nitrogens is 1. The van der Waals surface area contributed by atoms with E-state index in [1.807, 2.05) is 54.6 Å². The number of hydrogen-bond acceptors (Lipinski definition) is 4. The van der Waals surface area contributed by atoms with Crippen LogP contribution in [0.15, 0.2) is 133 Å². The van der Waals surface area contributed by atoms with Crippen molar-refractivity contribution in [2.45, 2.75) is 0 Å². The van der Waals surface area contributed by atoms with Crippen molar-refractivity contribution in [2.24, 2.45) is 0 Å². The molecule has 7 aromatic rings. The van der Waals surface area contributed by atoms with Crippen LogP contribution in [-0.2, 0) is 4.79 Å². The Bertz CT molecular complexity index is 2140. The van der Waals surface area contributed by atoms with Gasteiger partial charge in [0.05, 0.1) is 11.0 Å². The van der Waals surface area contributed by atoms with Gasteiger partial charge in [0, 0.05) is 33.4 Å². The summed E-state index contributed by atoms with van der Waals surface area (Å²) in [6.45, 7) is 0. The molecule has 0 saturated carbocycles. The number of hydrogen-bond donors (Lipinski definition) is 2. The summed E-state index contributed by atoms with van der Waals surface area (Å²) in [5.41, 5.74) is 6.10. The van der Waals surface area contributed by atoms with Crippen molar-refractivity contribution in [3.8, 4) is 17.5 Å². The number of rotatable bonds is 6. The van der Waals surface area contributed by atoms with Gasteiger partial charge in [0.25, 0.3) is 0 Å². The number of nitrogens with zero attached hydrogens (tertiary/aromatic N) is 3. The van der Waals surface area contributed by atoms with E-state index in [2.05, 4.69) is 82.7 Å². The number of nitrogens with one attached hydrogen (secondary N) is 1. The van der Waals surface area contributed by atoms with Crippen molar-refractivity contribution in [2.75, 3.05) is 4.90 Å². The zero-order valence-electron chi connectivity index (χ0n) is 22.9. The van der Waals surface area contributed by atoms with E-state index in [1.54, 1.807) is 6.07 Å². The predicted octanol–water partition coefficient (Wildman–Crippen LogP) is 9.00. The molecule has 6 nitrogen and oxygen atoms in total. The van der Waals surface area contributed by atoms with Gasteiger partial charge >= 0.3 is 5.97 Å². The number of aromatic amines is 1. The molecule has 0 fully saturated rings. The Kier molecular flexibility index (Phi) is 6.38. The summed E-state index contributed by atoms with van der Waals surface area (Å²) in [6.07, 6.45) is 1.37. The fraction of sp³-hybridized carbons (Fsp3) is 0. The smallest absolute Gasteiger partial charge is 0.346 e. The van der Waals surface area contributed by atoms with Gasteiger partial charge in [-0.25, -0.2) is 9.78 Å². The van der Waals surface area contributed by atoms with Crippen LogP contribution >= 0.6 is 0 Å². The van der Waals surface area contributed by atoms with E-state index in [9.17, 15) is 9.90 Å². The highest BCUT2D eigenvalue weighted by Crippen LogP contribution is 2.37. The molecule has 204 valence electrons. The molecule has 0 amide bonds. The van der Waals surface area contributed by atoms with Crippen LogP contribution in [0.3, 0.4) is 0 Å². The Labute approximate surface area is 247 Å². The second kappa shape index (κ2) is 10.7. The largest absolute Gasteiger partial charge is 0.477 e. The average Bonchev–Trinajstić information content (AvgIpc) is 3.51. The second-order valence-electron chi connectivity index (χ2n) is 10.2. The molecule has 0 unspecified atom stereocenters. The van der Waals surface area contributed by atoms with Crippen molar-refractivity contribution < 1.29 is 9.90 Å². The van der Waals surface area contributed by atoms with Gasteiger partial charge in [-0.3, -0.25) is 0 Å². The highest BCUT2D eigenvalue weighted by molar-refractivity contribution is 6.23. The Morgan fingerprint density at radius 1 is 0.698 bits per heavy atom. The van der Waals surface area contributed by atoms with E-state index in [0.717, 1.165) is 50.3 Å². The molecule has 0 aliphatic heterocycles. The van der Waals surface area contributed by atoms with E-state index in [1.165, 1.54) is 16.8 Å². The summed E-state index contributed by atoms with van der Waals surface area (Å²) < 4.78 is 0. The molecule has 0 aliphatic rings. The van der Waals surface area contributed by atoms with Gasteiger partial charge in [-0.05, 0) is 70.9 Å². The fourth-order valence-corrected chi connectivity index (χ4v) is 5.58. The van der Waals surface area contributed by atoms with Crippen LogP contribution in [-0.4, -0.2) is 21.0 Å². The Morgan fingerprint density at radius 3 is 1.86 bits per heavy atom. The Balaban J connectivity index is 1.29. The average molecular weight is 557 g/mol. The zero-order valence-corrected chi connectivity index (χ0v) is 22.9. The first-order valence-corrected chi connectivity index (χ1v) is 13.8. The molecule has 1 heterocycles. The van der Waals surface area contributed by atoms with E-state index in [-0.39, 0.29) is 5.57 Å². The van der Waals surface area contributed by atoms with Gasteiger partial charge < -0.3 is 15.0 Å². The number of nitriles is 1. The van der Waals surface area contributed by atoms with Crippen LogP contribution < -0.4 is 4.90 Å². The standard InChI is InChI=1S/C37H24N4O2/c38-23-26(37(42)43)22-24-14-18-28(19-15-24)41(27-8-2-1-3-9-27)29-20-16-25(17-21-29)36-39-34-32-12-6-4-10-30(32)31-11-5-7-13-33(31)35(34)40-36/h1-22H,(H,39,40)(H,42,43)/b26-22-.